The van der Waals surface area contributed by atoms with Crippen molar-refractivity contribution in [3.8, 4) is 0 Å². The standard InChI is InChI=1S/C7H13NO3S/c8-12(9,10)5-7-2-1-6(3-7)4-11-7/h6H,1-5H2,(H2,8,9,10). The van der Waals surface area contributed by atoms with E-state index < -0.39 is 15.6 Å². The summed E-state index contributed by atoms with van der Waals surface area (Å²) in [6.45, 7) is 0.718. The second kappa shape index (κ2) is 2.43. The number of rotatable bonds is 2. The van der Waals surface area contributed by atoms with E-state index >= 15 is 0 Å². The predicted molar refractivity (Wildman–Crippen MR) is 44.0 cm³/mol. The molecule has 1 saturated heterocycles. The zero-order valence-corrected chi connectivity index (χ0v) is 7.64. The van der Waals surface area contributed by atoms with Crippen LogP contribution in [0.15, 0.2) is 0 Å². The first-order valence-corrected chi connectivity index (χ1v) is 5.85. The summed E-state index contributed by atoms with van der Waals surface area (Å²) in [5.74, 6) is 0.572. The van der Waals surface area contributed by atoms with Crippen LogP contribution < -0.4 is 5.14 Å². The van der Waals surface area contributed by atoms with Crippen LogP contribution in [0.5, 0.6) is 0 Å². The number of primary sulfonamides is 1. The van der Waals surface area contributed by atoms with E-state index in [1.54, 1.807) is 0 Å². The van der Waals surface area contributed by atoms with Gasteiger partial charge >= 0.3 is 0 Å². The average Bonchev–Trinajstić information content (AvgIpc) is 2.40. The molecule has 2 atom stereocenters. The van der Waals surface area contributed by atoms with Crippen LogP contribution in [0.4, 0.5) is 0 Å². The van der Waals surface area contributed by atoms with E-state index in [1.165, 1.54) is 0 Å². The van der Waals surface area contributed by atoms with Crippen LogP contribution in [0.1, 0.15) is 19.3 Å². The monoisotopic (exact) mass is 191 g/mol. The first kappa shape index (κ1) is 8.47. The molecule has 1 aliphatic carbocycles. The quantitative estimate of drug-likeness (QED) is 0.659. The first-order chi connectivity index (χ1) is 5.49. The third kappa shape index (κ3) is 1.48. The minimum atomic E-state index is -3.38. The van der Waals surface area contributed by atoms with Crippen molar-refractivity contribution < 1.29 is 13.2 Å². The number of nitrogens with two attached hydrogens (primary N) is 1. The fourth-order valence-corrected chi connectivity index (χ4v) is 3.38. The highest BCUT2D eigenvalue weighted by atomic mass is 32.2. The van der Waals surface area contributed by atoms with Gasteiger partial charge in [0.25, 0.3) is 0 Å². The zero-order valence-electron chi connectivity index (χ0n) is 6.82. The Bertz CT molecular complexity index is 277. The SMILES string of the molecule is NS(=O)(=O)CC12CCC(CO1)C2. The van der Waals surface area contributed by atoms with Gasteiger partial charge in [0.2, 0.25) is 10.0 Å². The Morgan fingerprint density at radius 2 is 2.33 bits per heavy atom. The molecule has 2 aliphatic rings. The maximum Gasteiger partial charge on any atom is 0.211 e. The maximum atomic E-state index is 10.9. The molecule has 2 fully saturated rings. The van der Waals surface area contributed by atoms with Crippen LogP contribution in [-0.2, 0) is 14.8 Å². The van der Waals surface area contributed by atoms with Gasteiger partial charge in [0.15, 0.2) is 0 Å². The number of fused-ring (bicyclic) bond motifs is 2. The Morgan fingerprint density at radius 3 is 2.67 bits per heavy atom. The van der Waals surface area contributed by atoms with Crippen molar-refractivity contribution in [1.29, 1.82) is 0 Å². The lowest BCUT2D eigenvalue weighted by molar-refractivity contribution is 0.000481. The number of ether oxygens (including phenoxy) is 1. The van der Waals surface area contributed by atoms with Gasteiger partial charge in [-0.3, -0.25) is 0 Å². The van der Waals surface area contributed by atoms with Crippen LogP contribution >= 0.6 is 0 Å². The van der Waals surface area contributed by atoms with Crippen molar-refractivity contribution in [2.24, 2.45) is 11.1 Å². The van der Waals surface area contributed by atoms with Gasteiger partial charge in [-0.1, -0.05) is 0 Å². The van der Waals surface area contributed by atoms with E-state index in [2.05, 4.69) is 0 Å². The van der Waals surface area contributed by atoms with Gasteiger partial charge in [-0.2, -0.15) is 0 Å². The van der Waals surface area contributed by atoms with Crippen LogP contribution in [0.3, 0.4) is 0 Å². The fourth-order valence-electron chi connectivity index (χ4n) is 2.30. The van der Waals surface area contributed by atoms with E-state index in [9.17, 15) is 8.42 Å². The molecule has 4 nitrogen and oxygen atoms in total. The van der Waals surface area contributed by atoms with E-state index in [1.807, 2.05) is 0 Å². The van der Waals surface area contributed by atoms with Gasteiger partial charge in [0.1, 0.15) is 0 Å². The second-order valence-corrected chi connectivity index (χ2v) is 5.52. The summed E-state index contributed by atoms with van der Waals surface area (Å²) in [4.78, 5) is 0. The smallest absolute Gasteiger partial charge is 0.211 e. The molecule has 2 N–H and O–H groups in total. The van der Waals surface area contributed by atoms with Crippen LogP contribution in [0.25, 0.3) is 0 Å². The number of hydrogen-bond acceptors (Lipinski definition) is 3. The Hall–Kier alpha value is -0.130. The molecule has 1 heterocycles. The molecule has 1 saturated carbocycles. The number of hydrogen-bond donors (Lipinski definition) is 1. The third-order valence-corrected chi connectivity index (χ3v) is 3.69. The summed E-state index contributed by atoms with van der Waals surface area (Å²) >= 11 is 0. The maximum absolute atomic E-state index is 10.9. The highest BCUT2D eigenvalue weighted by molar-refractivity contribution is 7.89. The van der Waals surface area contributed by atoms with Gasteiger partial charge in [0.05, 0.1) is 18.0 Å². The Morgan fingerprint density at radius 1 is 1.58 bits per heavy atom. The van der Waals surface area contributed by atoms with Crippen LogP contribution in [-0.4, -0.2) is 26.4 Å². The highest BCUT2D eigenvalue weighted by Crippen LogP contribution is 2.44. The third-order valence-electron chi connectivity index (χ3n) is 2.76. The van der Waals surface area contributed by atoms with Crippen molar-refractivity contribution in [2.45, 2.75) is 24.9 Å². The molecule has 2 bridgehead atoms. The Kier molecular flexibility index (Phi) is 1.72. The van der Waals surface area contributed by atoms with E-state index in [-0.39, 0.29) is 5.75 Å². The van der Waals surface area contributed by atoms with E-state index in [0.29, 0.717) is 5.92 Å². The molecule has 0 aromatic rings. The normalized spacial score (nSPS) is 40.6. The fraction of sp³-hybridized carbons (Fsp3) is 1.00. The van der Waals surface area contributed by atoms with Crippen molar-refractivity contribution in [1.82, 2.24) is 0 Å². The largest absolute Gasteiger partial charge is 0.374 e. The molecule has 1 aliphatic heterocycles. The summed E-state index contributed by atoms with van der Waals surface area (Å²) in [6.07, 6.45) is 2.83. The highest BCUT2D eigenvalue weighted by Gasteiger charge is 2.48. The molecule has 70 valence electrons. The molecular formula is C7H13NO3S. The van der Waals surface area contributed by atoms with Crippen molar-refractivity contribution >= 4 is 10.0 Å². The molecule has 0 aromatic carbocycles. The molecule has 12 heavy (non-hydrogen) atoms. The summed E-state index contributed by atoms with van der Waals surface area (Å²) in [5, 5.41) is 4.99. The number of sulfonamides is 1. The minimum absolute atomic E-state index is 0.00347. The van der Waals surface area contributed by atoms with Gasteiger partial charge in [0, 0.05) is 0 Å². The Labute approximate surface area is 72.1 Å². The Balaban J connectivity index is 2.13. The van der Waals surface area contributed by atoms with Gasteiger partial charge in [-0.25, -0.2) is 13.6 Å². The molecule has 2 rings (SSSR count). The predicted octanol–water partition coefficient (Wildman–Crippen LogP) is -0.156. The lowest BCUT2D eigenvalue weighted by Crippen LogP contribution is -2.38. The van der Waals surface area contributed by atoms with Crippen molar-refractivity contribution in [2.75, 3.05) is 12.4 Å². The van der Waals surface area contributed by atoms with Crippen molar-refractivity contribution in [3.05, 3.63) is 0 Å². The molecule has 0 aromatic heterocycles. The lowest BCUT2D eigenvalue weighted by atomic mass is 10.1. The van der Waals surface area contributed by atoms with Gasteiger partial charge < -0.3 is 4.74 Å². The van der Waals surface area contributed by atoms with Gasteiger partial charge in [-0.05, 0) is 25.2 Å². The molecule has 0 amide bonds. The molecule has 0 spiro atoms. The van der Waals surface area contributed by atoms with Crippen LogP contribution in [0.2, 0.25) is 0 Å². The molecular weight excluding hydrogens is 178 g/mol. The second-order valence-electron chi connectivity index (χ2n) is 3.91. The van der Waals surface area contributed by atoms with E-state index in [0.717, 1.165) is 25.9 Å². The van der Waals surface area contributed by atoms with Gasteiger partial charge in [-0.15, -0.1) is 0 Å². The summed E-state index contributed by atoms with van der Waals surface area (Å²) in [5.41, 5.74) is -0.418. The van der Waals surface area contributed by atoms with E-state index in [4.69, 9.17) is 9.88 Å². The molecule has 0 radical (unpaired) electrons. The summed E-state index contributed by atoms with van der Waals surface area (Å²) in [6, 6.07) is 0. The lowest BCUT2D eigenvalue weighted by Gasteiger charge is -2.25. The molecule has 2 unspecified atom stereocenters. The molecule has 5 heteroatoms. The first-order valence-electron chi connectivity index (χ1n) is 4.14. The topological polar surface area (TPSA) is 69.4 Å². The zero-order chi connectivity index (χ0) is 8.82. The van der Waals surface area contributed by atoms with Crippen molar-refractivity contribution in [3.63, 3.8) is 0 Å². The average molecular weight is 191 g/mol. The summed E-state index contributed by atoms with van der Waals surface area (Å²) < 4.78 is 27.2. The van der Waals surface area contributed by atoms with Crippen LogP contribution in [0, 0.1) is 5.92 Å². The summed E-state index contributed by atoms with van der Waals surface area (Å²) in [7, 11) is -3.38. The minimum Gasteiger partial charge on any atom is -0.374 e.